The second-order valence-electron chi connectivity index (χ2n) is 3.83. The Morgan fingerprint density at radius 1 is 1.44 bits per heavy atom. The van der Waals surface area contributed by atoms with Gasteiger partial charge in [0.25, 0.3) is 0 Å². The van der Waals surface area contributed by atoms with Gasteiger partial charge in [-0.3, -0.25) is 19.8 Å². The van der Waals surface area contributed by atoms with Gasteiger partial charge in [0.2, 0.25) is 5.91 Å². The van der Waals surface area contributed by atoms with Gasteiger partial charge >= 0.3 is 12.0 Å². The minimum atomic E-state index is -1.31. The Kier molecular flexibility index (Phi) is 3.45. The number of primary amides is 1. The van der Waals surface area contributed by atoms with Crippen LogP contribution in [0.3, 0.4) is 0 Å². The summed E-state index contributed by atoms with van der Waals surface area (Å²) in [4.78, 5) is 33.9. The fourth-order valence-corrected chi connectivity index (χ4v) is 1.60. The van der Waals surface area contributed by atoms with E-state index in [1.807, 2.05) is 5.32 Å². The molecule has 1 atom stereocenters. The van der Waals surface area contributed by atoms with E-state index >= 15 is 0 Å². The van der Waals surface area contributed by atoms with Gasteiger partial charge in [-0.1, -0.05) is 0 Å². The summed E-state index contributed by atoms with van der Waals surface area (Å²) in [5.41, 5.74) is 9.05. The van der Waals surface area contributed by atoms with Crippen LogP contribution >= 0.6 is 0 Å². The van der Waals surface area contributed by atoms with Gasteiger partial charge in [0.1, 0.15) is 5.54 Å². The molecule has 1 heterocycles. The Morgan fingerprint density at radius 2 is 2.06 bits per heavy atom. The highest BCUT2D eigenvalue weighted by Gasteiger charge is 2.41. The van der Waals surface area contributed by atoms with Gasteiger partial charge in [0.05, 0.1) is 6.54 Å². The summed E-state index contributed by atoms with van der Waals surface area (Å²) in [6.07, 6.45) is 0.270. The van der Waals surface area contributed by atoms with Crippen molar-refractivity contribution in [1.29, 1.82) is 0 Å². The Balaban J connectivity index is 2.45. The lowest BCUT2D eigenvalue weighted by atomic mass is 10.0. The Hall–Kier alpha value is -1.67. The van der Waals surface area contributed by atoms with Crippen LogP contribution in [-0.2, 0) is 9.59 Å². The van der Waals surface area contributed by atoms with Crippen LogP contribution in [0.2, 0.25) is 0 Å². The van der Waals surface area contributed by atoms with Crippen LogP contribution in [0.4, 0.5) is 4.79 Å². The molecule has 90 valence electrons. The molecule has 8 nitrogen and oxygen atoms in total. The quantitative estimate of drug-likeness (QED) is 0.429. The van der Waals surface area contributed by atoms with Gasteiger partial charge in [0, 0.05) is 13.1 Å². The number of aliphatic carboxylic acids is 1. The van der Waals surface area contributed by atoms with E-state index in [0.29, 0.717) is 6.54 Å². The van der Waals surface area contributed by atoms with E-state index in [9.17, 15) is 14.4 Å². The van der Waals surface area contributed by atoms with Crippen molar-refractivity contribution in [2.75, 3.05) is 19.6 Å². The zero-order valence-corrected chi connectivity index (χ0v) is 8.60. The highest BCUT2D eigenvalue weighted by atomic mass is 16.4. The normalized spacial score (nSPS) is 25.3. The smallest absolute Gasteiger partial charge is 0.325 e. The molecule has 1 fully saturated rings. The average Bonchev–Trinajstić information content (AvgIpc) is 2.47. The van der Waals surface area contributed by atoms with Crippen LogP contribution in [-0.4, -0.2) is 53.1 Å². The summed E-state index contributed by atoms with van der Waals surface area (Å²) in [5, 5.41) is 10.7. The lowest BCUT2D eigenvalue weighted by molar-refractivity contribution is -0.143. The highest BCUT2D eigenvalue weighted by molar-refractivity contribution is 5.94. The molecule has 8 heteroatoms. The standard InChI is InChI=1S/C8H14N4O4/c9-7(16)11-5(13)3-12-2-1-8(10,4-12)6(14)15/h1-4,10H2,(H,14,15)(H3,9,11,13,16). The molecule has 1 unspecified atom stereocenters. The minimum absolute atomic E-state index is 0.0779. The molecule has 1 saturated heterocycles. The molecule has 0 aromatic carbocycles. The third kappa shape index (κ3) is 2.91. The number of urea groups is 1. The van der Waals surface area contributed by atoms with Gasteiger partial charge in [-0.05, 0) is 6.42 Å². The maximum Gasteiger partial charge on any atom is 0.325 e. The van der Waals surface area contributed by atoms with Crippen LogP contribution in [0.15, 0.2) is 0 Å². The van der Waals surface area contributed by atoms with Crippen molar-refractivity contribution >= 4 is 17.9 Å². The first kappa shape index (κ1) is 12.4. The lowest BCUT2D eigenvalue weighted by Crippen LogP contribution is -2.51. The first-order valence-corrected chi connectivity index (χ1v) is 4.67. The van der Waals surface area contributed by atoms with Crippen molar-refractivity contribution < 1.29 is 19.5 Å². The van der Waals surface area contributed by atoms with Crippen LogP contribution < -0.4 is 16.8 Å². The maximum atomic E-state index is 11.1. The molecule has 1 rings (SSSR count). The zero-order valence-electron chi connectivity index (χ0n) is 8.60. The molecule has 0 aliphatic carbocycles. The predicted octanol–water partition coefficient (Wildman–Crippen LogP) is -2.33. The van der Waals surface area contributed by atoms with E-state index in [0.717, 1.165) is 0 Å². The summed E-state index contributed by atoms with van der Waals surface area (Å²) in [7, 11) is 0. The summed E-state index contributed by atoms with van der Waals surface area (Å²) < 4.78 is 0. The fourth-order valence-electron chi connectivity index (χ4n) is 1.60. The van der Waals surface area contributed by atoms with Crippen molar-refractivity contribution in [3.05, 3.63) is 0 Å². The first-order valence-electron chi connectivity index (χ1n) is 4.67. The average molecular weight is 230 g/mol. The van der Waals surface area contributed by atoms with Crippen molar-refractivity contribution in [3.8, 4) is 0 Å². The van der Waals surface area contributed by atoms with E-state index in [1.54, 1.807) is 4.90 Å². The van der Waals surface area contributed by atoms with Crippen LogP contribution in [0.25, 0.3) is 0 Å². The molecule has 16 heavy (non-hydrogen) atoms. The molecule has 0 aromatic rings. The number of nitrogens with two attached hydrogens (primary N) is 2. The number of amides is 3. The molecule has 0 aromatic heterocycles. The van der Waals surface area contributed by atoms with E-state index < -0.39 is 23.4 Å². The number of carboxylic acid groups (broad SMARTS) is 1. The van der Waals surface area contributed by atoms with Crippen molar-refractivity contribution in [1.82, 2.24) is 10.2 Å². The number of hydrogen-bond donors (Lipinski definition) is 4. The van der Waals surface area contributed by atoms with E-state index in [1.165, 1.54) is 0 Å². The number of imide groups is 1. The number of nitrogens with zero attached hydrogens (tertiary/aromatic N) is 1. The second-order valence-corrected chi connectivity index (χ2v) is 3.83. The van der Waals surface area contributed by atoms with E-state index in [-0.39, 0.29) is 19.5 Å². The molecule has 0 bridgehead atoms. The van der Waals surface area contributed by atoms with Gasteiger partial charge in [0.15, 0.2) is 0 Å². The summed E-state index contributed by atoms with van der Waals surface area (Å²) in [5.74, 6) is -1.66. The zero-order chi connectivity index (χ0) is 12.3. The molecule has 3 amide bonds. The molecule has 1 aliphatic heterocycles. The number of nitrogens with one attached hydrogen (secondary N) is 1. The number of carboxylic acids is 1. The number of carbonyl (C=O) groups is 3. The third-order valence-corrected chi connectivity index (χ3v) is 2.44. The monoisotopic (exact) mass is 230 g/mol. The number of rotatable bonds is 3. The molecular formula is C8H14N4O4. The largest absolute Gasteiger partial charge is 0.480 e. The molecule has 1 aliphatic rings. The fraction of sp³-hybridized carbons (Fsp3) is 0.625. The molecule has 0 saturated carbocycles. The Morgan fingerprint density at radius 3 is 2.50 bits per heavy atom. The second kappa shape index (κ2) is 4.45. The summed E-state index contributed by atoms with van der Waals surface area (Å²) >= 11 is 0. The van der Waals surface area contributed by atoms with Gasteiger partial charge in [-0.25, -0.2) is 4.79 Å². The number of carbonyl (C=O) groups excluding carboxylic acids is 2. The van der Waals surface area contributed by atoms with Crippen LogP contribution in [0.1, 0.15) is 6.42 Å². The van der Waals surface area contributed by atoms with Gasteiger partial charge in [-0.15, -0.1) is 0 Å². The van der Waals surface area contributed by atoms with Crippen LogP contribution in [0, 0.1) is 0 Å². The maximum absolute atomic E-state index is 11.1. The Bertz CT molecular complexity index is 332. The Labute approximate surface area is 91.6 Å². The van der Waals surface area contributed by atoms with Crippen molar-refractivity contribution in [3.63, 3.8) is 0 Å². The van der Waals surface area contributed by atoms with E-state index in [4.69, 9.17) is 16.6 Å². The molecule has 0 radical (unpaired) electrons. The SMILES string of the molecule is NC(=O)NC(=O)CN1CCC(N)(C(=O)O)C1. The van der Waals surface area contributed by atoms with Crippen molar-refractivity contribution in [2.24, 2.45) is 11.5 Å². The molecular weight excluding hydrogens is 216 g/mol. The predicted molar refractivity (Wildman–Crippen MR) is 53.3 cm³/mol. The summed E-state index contributed by atoms with van der Waals surface area (Å²) in [6.45, 7) is 0.388. The molecule has 0 spiro atoms. The highest BCUT2D eigenvalue weighted by Crippen LogP contribution is 2.18. The lowest BCUT2D eigenvalue weighted by Gasteiger charge is -2.19. The first-order chi connectivity index (χ1) is 7.33. The van der Waals surface area contributed by atoms with Crippen LogP contribution in [0.5, 0.6) is 0 Å². The number of likely N-dealkylation sites (tertiary alicyclic amines) is 1. The number of hydrogen-bond acceptors (Lipinski definition) is 5. The van der Waals surface area contributed by atoms with Gasteiger partial charge in [-0.2, -0.15) is 0 Å². The third-order valence-electron chi connectivity index (χ3n) is 2.44. The van der Waals surface area contributed by atoms with Gasteiger partial charge < -0.3 is 16.6 Å². The topological polar surface area (TPSA) is 139 Å². The van der Waals surface area contributed by atoms with Crippen molar-refractivity contribution in [2.45, 2.75) is 12.0 Å². The van der Waals surface area contributed by atoms with E-state index in [2.05, 4.69) is 0 Å². The summed E-state index contributed by atoms with van der Waals surface area (Å²) in [6, 6.07) is -0.929. The molecule has 6 N–H and O–H groups in total. The minimum Gasteiger partial charge on any atom is -0.480 e.